The van der Waals surface area contributed by atoms with Crippen LogP contribution in [0.25, 0.3) is 0 Å². The molecule has 0 aromatic heterocycles. The van der Waals surface area contributed by atoms with Crippen molar-refractivity contribution in [3.63, 3.8) is 0 Å². The van der Waals surface area contributed by atoms with Crippen LogP contribution in [0.5, 0.6) is 5.75 Å². The summed E-state index contributed by atoms with van der Waals surface area (Å²) in [6, 6.07) is 6.88. The third-order valence-corrected chi connectivity index (χ3v) is 2.79. The van der Waals surface area contributed by atoms with Gasteiger partial charge in [-0.15, -0.1) is 0 Å². The van der Waals surface area contributed by atoms with E-state index in [0.29, 0.717) is 31.0 Å². The summed E-state index contributed by atoms with van der Waals surface area (Å²) in [5.41, 5.74) is 0.556. The van der Waals surface area contributed by atoms with Crippen molar-refractivity contribution in [2.75, 3.05) is 26.2 Å². The number of nitrogens with zero attached hydrogens (tertiary/aromatic N) is 1. The molecule has 0 saturated carbocycles. The summed E-state index contributed by atoms with van der Waals surface area (Å²) in [5, 5.41) is 2.69. The van der Waals surface area contributed by atoms with E-state index in [-0.39, 0.29) is 18.4 Å². The molecule has 0 unspecified atom stereocenters. The van der Waals surface area contributed by atoms with Crippen LogP contribution in [0.4, 0.5) is 0 Å². The zero-order valence-corrected chi connectivity index (χ0v) is 10.6. The normalized spacial score (nSPS) is 14.7. The number of hydrogen-bond donors (Lipinski definition) is 1. The van der Waals surface area contributed by atoms with Crippen molar-refractivity contribution in [2.45, 2.75) is 0 Å². The van der Waals surface area contributed by atoms with E-state index in [1.54, 1.807) is 35.2 Å². The summed E-state index contributed by atoms with van der Waals surface area (Å²) in [7, 11) is 0. The molecule has 1 saturated heterocycles. The van der Waals surface area contributed by atoms with Gasteiger partial charge in [0.2, 0.25) is 5.91 Å². The Hall–Kier alpha value is -2.30. The van der Waals surface area contributed by atoms with E-state index in [1.807, 2.05) is 0 Å². The van der Waals surface area contributed by atoms with Crippen LogP contribution < -0.4 is 10.1 Å². The van der Waals surface area contributed by atoms with Crippen molar-refractivity contribution in [2.24, 2.45) is 0 Å². The Morgan fingerprint density at radius 1 is 1.42 bits per heavy atom. The standard InChI is InChI=1S/C14H16N2O3/c1-2-9-19-12-5-3-11(4-6-12)14(18)16-8-7-15-13(17)10-16/h2-6H,1,7-10H2,(H,15,17). The molecule has 0 aliphatic carbocycles. The molecule has 0 radical (unpaired) electrons. The first kappa shape index (κ1) is 13.1. The van der Waals surface area contributed by atoms with E-state index in [4.69, 9.17) is 4.74 Å². The van der Waals surface area contributed by atoms with Gasteiger partial charge in [0.25, 0.3) is 5.91 Å². The van der Waals surface area contributed by atoms with Crippen LogP contribution >= 0.6 is 0 Å². The predicted molar refractivity (Wildman–Crippen MR) is 71.0 cm³/mol. The second-order valence-electron chi connectivity index (χ2n) is 4.20. The lowest BCUT2D eigenvalue weighted by molar-refractivity contribution is -0.123. The number of piperazine rings is 1. The molecule has 1 N–H and O–H groups in total. The first-order chi connectivity index (χ1) is 9.20. The molecule has 0 bridgehead atoms. The van der Waals surface area contributed by atoms with Gasteiger partial charge in [0.05, 0.1) is 6.54 Å². The second-order valence-corrected chi connectivity index (χ2v) is 4.20. The second kappa shape index (κ2) is 6.04. The molecule has 0 spiro atoms. The Bertz CT molecular complexity index is 482. The molecule has 2 rings (SSSR count). The molecule has 5 heteroatoms. The highest BCUT2D eigenvalue weighted by molar-refractivity contribution is 5.97. The van der Waals surface area contributed by atoms with Gasteiger partial charge in [-0.25, -0.2) is 0 Å². The van der Waals surface area contributed by atoms with Crippen LogP contribution in [0.1, 0.15) is 10.4 Å². The maximum Gasteiger partial charge on any atom is 0.254 e. The molecule has 1 aromatic rings. The van der Waals surface area contributed by atoms with E-state index < -0.39 is 0 Å². The topological polar surface area (TPSA) is 58.6 Å². The van der Waals surface area contributed by atoms with Crippen LogP contribution in [0, 0.1) is 0 Å². The van der Waals surface area contributed by atoms with Crippen molar-refractivity contribution in [3.05, 3.63) is 42.5 Å². The molecule has 2 amide bonds. The summed E-state index contributed by atoms with van der Waals surface area (Å²) >= 11 is 0. The fraction of sp³-hybridized carbons (Fsp3) is 0.286. The molecule has 100 valence electrons. The van der Waals surface area contributed by atoms with E-state index in [0.717, 1.165) is 0 Å². The number of rotatable bonds is 4. The maximum atomic E-state index is 12.2. The number of carbonyl (C=O) groups excluding carboxylic acids is 2. The largest absolute Gasteiger partial charge is 0.490 e. The van der Waals surface area contributed by atoms with Gasteiger partial charge in [-0.3, -0.25) is 9.59 Å². The predicted octanol–water partition coefficient (Wildman–Crippen LogP) is 0.823. The Morgan fingerprint density at radius 2 is 2.16 bits per heavy atom. The smallest absolute Gasteiger partial charge is 0.254 e. The van der Waals surface area contributed by atoms with Crippen molar-refractivity contribution < 1.29 is 14.3 Å². The highest BCUT2D eigenvalue weighted by Gasteiger charge is 2.21. The molecular weight excluding hydrogens is 244 g/mol. The molecular formula is C14H16N2O3. The van der Waals surface area contributed by atoms with Gasteiger partial charge in [-0.2, -0.15) is 0 Å². The Morgan fingerprint density at radius 3 is 2.79 bits per heavy atom. The lowest BCUT2D eigenvalue weighted by atomic mass is 10.2. The SMILES string of the molecule is C=CCOc1ccc(C(=O)N2CCNC(=O)C2)cc1. The van der Waals surface area contributed by atoms with Crippen molar-refractivity contribution >= 4 is 11.8 Å². The van der Waals surface area contributed by atoms with Gasteiger partial charge >= 0.3 is 0 Å². The van der Waals surface area contributed by atoms with Crippen LogP contribution in [0.3, 0.4) is 0 Å². The lowest BCUT2D eigenvalue weighted by Crippen LogP contribution is -2.49. The Balaban J connectivity index is 2.02. The van der Waals surface area contributed by atoms with Gasteiger partial charge in [-0.1, -0.05) is 12.7 Å². The minimum atomic E-state index is -0.134. The number of amides is 2. The summed E-state index contributed by atoms with van der Waals surface area (Å²) < 4.78 is 5.35. The zero-order chi connectivity index (χ0) is 13.7. The minimum absolute atomic E-state index is 0.119. The molecule has 1 aliphatic rings. The van der Waals surface area contributed by atoms with Gasteiger partial charge in [0.15, 0.2) is 0 Å². The Kier molecular flexibility index (Phi) is 4.18. The van der Waals surface area contributed by atoms with Gasteiger partial charge in [0, 0.05) is 18.7 Å². The molecule has 19 heavy (non-hydrogen) atoms. The van der Waals surface area contributed by atoms with Gasteiger partial charge in [-0.05, 0) is 24.3 Å². The minimum Gasteiger partial charge on any atom is -0.490 e. The number of benzene rings is 1. The first-order valence-corrected chi connectivity index (χ1v) is 6.10. The van der Waals surface area contributed by atoms with Gasteiger partial charge < -0.3 is 15.0 Å². The number of carbonyl (C=O) groups is 2. The number of ether oxygens (including phenoxy) is 1. The van der Waals surface area contributed by atoms with Gasteiger partial charge in [0.1, 0.15) is 12.4 Å². The fourth-order valence-corrected chi connectivity index (χ4v) is 1.84. The van der Waals surface area contributed by atoms with Crippen LogP contribution in [-0.4, -0.2) is 43.0 Å². The summed E-state index contributed by atoms with van der Waals surface area (Å²) in [5.74, 6) is 0.434. The van der Waals surface area contributed by atoms with E-state index in [1.165, 1.54) is 0 Å². The van der Waals surface area contributed by atoms with Crippen molar-refractivity contribution in [1.29, 1.82) is 0 Å². The van der Waals surface area contributed by atoms with E-state index in [9.17, 15) is 9.59 Å². The van der Waals surface area contributed by atoms with Crippen LogP contribution in [0.2, 0.25) is 0 Å². The van der Waals surface area contributed by atoms with Crippen LogP contribution in [-0.2, 0) is 4.79 Å². The lowest BCUT2D eigenvalue weighted by Gasteiger charge is -2.26. The average Bonchev–Trinajstić information content (AvgIpc) is 2.45. The highest BCUT2D eigenvalue weighted by atomic mass is 16.5. The number of hydrogen-bond acceptors (Lipinski definition) is 3. The third-order valence-electron chi connectivity index (χ3n) is 2.79. The average molecular weight is 260 g/mol. The monoisotopic (exact) mass is 260 g/mol. The summed E-state index contributed by atoms with van der Waals surface area (Å²) in [6.07, 6.45) is 1.66. The first-order valence-electron chi connectivity index (χ1n) is 6.10. The fourth-order valence-electron chi connectivity index (χ4n) is 1.84. The Labute approximate surface area is 111 Å². The highest BCUT2D eigenvalue weighted by Crippen LogP contribution is 2.14. The van der Waals surface area contributed by atoms with Crippen molar-refractivity contribution in [3.8, 4) is 5.75 Å². The molecule has 1 fully saturated rings. The summed E-state index contributed by atoms with van der Waals surface area (Å²) in [6.45, 7) is 5.16. The maximum absolute atomic E-state index is 12.2. The molecule has 1 heterocycles. The molecule has 5 nitrogen and oxygen atoms in total. The summed E-state index contributed by atoms with van der Waals surface area (Å²) in [4.78, 5) is 24.9. The quantitative estimate of drug-likeness (QED) is 0.815. The van der Waals surface area contributed by atoms with Crippen molar-refractivity contribution in [1.82, 2.24) is 10.2 Å². The molecule has 1 aromatic carbocycles. The third kappa shape index (κ3) is 3.34. The number of nitrogens with one attached hydrogen (secondary N) is 1. The molecule has 0 atom stereocenters. The van der Waals surface area contributed by atoms with Crippen LogP contribution in [0.15, 0.2) is 36.9 Å². The molecule has 1 aliphatic heterocycles. The van der Waals surface area contributed by atoms with E-state index in [2.05, 4.69) is 11.9 Å². The van der Waals surface area contributed by atoms with E-state index >= 15 is 0 Å². The zero-order valence-electron chi connectivity index (χ0n) is 10.6.